The molecule has 0 aliphatic carbocycles. The Balaban J connectivity index is 2.69. The molecule has 0 saturated carbocycles. The summed E-state index contributed by atoms with van der Waals surface area (Å²) < 4.78 is 0. The van der Waals surface area contributed by atoms with Gasteiger partial charge in [-0.1, -0.05) is 37.3 Å². The molecule has 1 aromatic carbocycles. The standard InChI is InChI=1S/C12H16N2/c1-3-14(2)10-12(9-13)11-7-5-4-6-8-11/h4-8,12H,3,10H2,1-2H3. The van der Waals surface area contributed by atoms with Gasteiger partial charge in [-0.15, -0.1) is 0 Å². The second-order valence-corrected chi connectivity index (χ2v) is 3.45. The zero-order valence-electron chi connectivity index (χ0n) is 8.77. The lowest BCUT2D eigenvalue weighted by Gasteiger charge is -2.17. The van der Waals surface area contributed by atoms with Crippen molar-refractivity contribution in [3.8, 4) is 6.07 Å². The largest absolute Gasteiger partial charge is 0.305 e. The number of nitrogens with zero attached hydrogens (tertiary/aromatic N) is 2. The summed E-state index contributed by atoms with van der Waals surface area (Å²) in [7, 11) is 2.04. The Morgan fingerprint density at radius 1 is 1.36 bits per heavy atom. The van der Waals surface area contributed by atoms with E-state index in [-0.39, 0.29) is 5.92 Å². The first-order chi connectivity index (χ1) is 6.77. The fourth-order valence-electron chi connectivity index (χ4n) is 1.35. The number of hydrogen-bond donors (Lipinski definition) is 0. The fraction of sp³-hybridized carbons (Fsp3) is 0.417. The van der Waals surface area contributed by atoms with E-state index in [1.165, 1.54) is 0 Å². The molecule has 1 rings (SSSR count). The van der Waals surface area contributed by atoms with Crippen LogP contribution >= 0.6 is 0 Å². The molecule has 1 atom stereocenters. The molecule has 0 aromatic heterocycles. The Labute approximate surface area is 85.8 Å². The third-order valence-corrected chi connectivity index (χ3v) is 2.39. The first-order valence-electron chi connectivity index (χ1n) is 4.91. The smallest absolute Gasteiger partial charge is 0.0839 e. The molecule has 1 aromatic rings. The minimum absolute atomic E-state index is 0.0128. The predicted octanol–water partition coefficient (Wildman–Crippen LogP) is 2.25. The maximum Gasteiger partial charge on any atom is 0.0839 e. The van der Waals surface area contributed by atoms with E-state index in [4.69, 9.17) is 5.26 Å². The molecular formula is C12H16N2. The fourth-order valence-corrected chi connectivity index (χ4v) is 1.35. The monoisotopic (exact) mass is 188 g/mol. The summed E-state index contributed by atoms with van der Waals surface area (Å²) in [4.78, 5) is 2.15. The van der Waals surface area contributed by atoms with Crippen molar-refractivity contribution < 1.29 is 0 Å². The molecular weight excluding hydrogens is 172 g/mol. The van der Waals surface area contributed by atoms with Crippen LogP contribution in [0.25, 0.3) is 0 Å². The van der Waals surface area contributed by atoms with Gasteiger partial charge in [-0.25, -0.2) is 0 Å². The summed E-state index contributed by atoms with van der Waals surface area (Å²) in [5.41, 5.74) is 1.11. The zero-order valence-corrected chi connectivity index (χ0v) is 8.77. The van der Waals surface area contributed by atoms with E-state index in [9.17, 15) is 0 Å². The van der Waals surface area contributed by atoms with E-state index in [0.29, 0.717) is 0 Å². The summed E-state index contributed by atoms with van der Waals surface area (Å²) in [6.07, 6.45) is 0. The van der Waals surface area contributed by atoms with E-state index >= 15 is 0 Å². The topological polar surface area (TPSA) is 27.0 Å². The molecule has 2 heteroatoms. The predicted molar refractivity (Wildman–Crippen MR) is 58.0 cm³/mol. The molecule has 0 saturated heterocycles. The Kier molecular flexibility index (Phi) is 4.15. The maximum absolute atomic E-state index is 9.05. The molecule has 74 valence electrons. The van der Waals surface area contributed by atoms with Crippen LogP contribution in [-0.4, -0.2) is 25.0 Å². The summed E-state index contributed by atoms with van der Waals surface area (Å²) in [6.45, 7) is 3.88. The second-order valence-electron chi connectivity index (χ2n) is 3.45. The van der Waals surface area contributed by atoms with Crippen molar-refractivity contribution in [1.29, 1.82) is 5.26 Å². The van der Waals surface area contributed by atoms with Crippen LogP contribution in [0.2, 0.25) is 0 Å². The first kappa shape index (κ1) is 10.7. The van der Waals surface area contributed by atoms with Gasteiger partial charge in [-0.2, -0.15) is 5.26 Å². The minimum Gasteiger partial charge on any atom is -0.305 e. The SMILES string of the molecule is CCN(C)CC(C#N)c1ccccc1. The average Bonchev–Trinajstić information content (AvgIpc) is 2.26. The van der Waals surface area contributed by atoms with Crippen LogP contribution in [0.5, 0.6) is 0 Å². The van der Waals surface area contributed by atoms with E-state index in [0.717, 1.165) is 18.7 Å². The number of likely N-dealkylation sites (N-methyl/N-ethyl adjacent to an activating group) is 1. The van der Waals surface area contributed by atoms with Crippen molar-refractivity contribution in [2.75, 3.05) is 20.1 Å². The summed E-state index contributed by atoms with van der Waals surface area (Å²) >= 11 is 0. The summed E-state index contributed by atoms with van der Waals surface area (Å²) in [5.74, 6) is -0.0128. The molecule has 0 radical (unpaired) electrons. The van der Waals surface area contributed by atoms with Gasteiger partial charge in [0.05, 0.1) is 12.0 Å². The van der Waals surface area contributed by atoms with Gasteiger partial charge in [0.2, 0.25) is 0 Å². The Bertz CT molecular complexity index is 300. The summed E-state index contributed by atoms with van der Waals surface area (Å²) in [5, 5.41) is 9.05. The van der Waals surface area contributed by atoms with Gasteiger partial charge in [-0.05, 0) is 19.2 Å². The highest BCUT2D eigenvalue weighted by atomic mass is 15.1. The summed E-state index contributed by atoms with van der Waals surface area (Å²) in [6, 6.07) is 12.3. The lowest BCUT2D eigenvalue weighted by molar-refractivity contribution is 0.345. The van der Waals surface area contributed by atoms with E-state index in [1.807, 2.05) is 37.4 Å². The highest BCUT2D eigenvalue weighted by molar-refractivity contribution is 5.24. The van der Waals surface area contributed by atoms with Crippen LogP contribution in [-0.2, 0) is 0 Å². The number of rotatable bonds is 4. The van der Waals surface area contributed by atoms with E-state index in [1.54, 1.807) is 0 Å². The highest BCUT2D eigenvalue weighted by Gasteiger charge is 2.11. The Morgan fingerprint density at radius 3 is 2.50 bits per heavy atom. The van der Waals surface area contributed by atoms with Gasteiger partial charge < -0.3 is 4.90 Å². The van der Waals surface area contributed by atoms with E-state index in [2.05, 4.69) is 17.9 Å². The van der Waals surface area contributed by atoms with Crippen molar-refractivity contribution in [2.24, 2.45) is 0 Å². The minimum atomic E-state index is -0.0128. The molecule has 14 heavy (non-hydrogen) atoms. The van der Waals surface area contributed by atoms with Gasteiger partial charge in [0, 0.05) is 6.54 Å². The third-order valence-electron chi connectivity index (χ3n) is 2.39. The van der Waals surface area contributed by atoms with Crippen molar-refractivity contribution >= 4 is 0 Å². The molecule has 1 unspecified atom stereocenters. The molecule has 2 nitrogen and oxygen atoms in total. The van der Waals surface area contributed by atoms with Crippen LogP contribution in [0.15, 0.2) is 30.3 Å². The molecule has 0 spiro atoms. The molecule has 0 N–H and O–H groups in total. The lowest BCUT2D eigenvalue weighted by Crippen LogP contribution is -2.23. The maximum atomic E-state index is 9.05. The van der Waals surface area contributed by atoms with Crippen molar-refractivity contribution in [3.63, 3.8) is 0 Å². The normalized spacial score (nSPS) is 12.4. The van der Waals surface area contributed by atoms with Crippen LogP contribution in [0.4, 0.5) is 0 Å². The highest BCUT2D eigenvalue weighted by Crippen LogP contribution is 2.14. The molecule has 0 heterocycles. The van der Waals surface area contributed by atoms with Crippen LogP contribution < -0.4 is 0 Å². The number of benzene rings is 1. The van der Waals surface area contributed by atoms with Crippen molar-refractivity contribution in [3.05, 3.63) is 35.9 Å². The van der Waals surface area contributed by atoms with Crippen LogP contribution in [0.1, 0.15) is 18.4 Å². The average molecular weight is 188 g/mol. The van der Waals surface area contributed by atoms with Gasteiger partial charge in [0.1, 0.15) is 0 Å². The molecule has 0 amide bonds. The molecule has 0 aliphatic rings. The van der Waals surface area contributed by atoms with Gasteiger partial charge >= 0.3 is 0 Å². The van der Waals surface area contributed by atoms with Crippen LogP contribution in [0.3, 0.4) is 0 Å². The second kappa shape index (κ2) is 5.41. The van der Waals surface area contributed by atoms with Gasteiger partial charge in [0.25, 0.3) is 0 Å². The van der Waals surface area contributed by atoms with Crippen molar-refractivity contribution in [2.45, 2.75) is 12.8 Å². The number of hydrogen-bond acceptors (Lipinski definition) is 2. The quantitative estimate of drug-likeness (QED) is 0.724. The zero-order chi connectivity index (χ0) is 10.4. The lowest BCUT2D eigenvalue weighted by atomic mass is 10.0. The molecule has 0 fully saturated rings. The Morgan fingerprint density at radius 2 is 2.00 bits per heavy atom. The van der Waals surface area contributed by atoms with Gasteiger partial charge in [0.15, 0.2) is 0 Å². The molecule has 0 bridgehead atoms. The number of nitriles is 1. The van der Waals surface area contributed by atoms with Crippen LogP contribution in [0, 0.1) is 11.3 Å². The van der Waals surface area contributed by atoms with Gasteiger partial charge in [-0.3, -0.25) is 0 Å². The van der Waals surface area contributed by atoms with E-state index < -0.39 is 0 Å². The Hall–Kier alpha value is -1.33. The third kappa shape index (κ3) is 2.86. The molecule has 0 aliphatic heterocycles. The first-order valence-corrected chi connectivity index (χ1v) is 4.91. The van der Waals surface area contributed by atoms with Crippen molar-refractivity contribution in [1.82, 2.24) is 4.90 Å².